The number of carboxylic acid groups (broad SMARTS) is 1. The van der Waals surface area contributed by atoms with Crippen LogP contribution in [0.2, 0.25) is 0 Å². The van der Waals surface area contributed by atoms with Gasteiger partial charge in [-0.15, -0.1) is 0 Å². The van der Waals surface area contributed by atoms with E-state index in [1.165, 1.54) is 31.4 Å². The second kappa shape index (κ2) is 5.88. The van der Waals surface area contributed by atoms with E-state index in [9.17, 15) is 14.3 Å². The lowest BCUT2D eigenvalue weighted by molar-refractivity contribution is 0.0182. The van der Waals surface area contributed by atoms with Crippen molar-refractivity contribution >= 4 is 5.97 Å². The van der Waals surface area contributed by atoms with Gasteiger partial charge in [0.25, 0.3) is 0 Å². The molecule has 1 heterocycles. The molecule has 0 bridgehead atoms. The number of hydrogen-bond acceptors (Lipinski definition) is 3. The van der Waals surface area contributed by atoms with Gasteiger partial charge in [-0.05, 0) is 45.2 Å². The largest absolute Gasteiger partial charge is 0.489 e. The summed E-state index contributed by atoms with van der Waals surface area (Å²) in [4.78, 5) is 13.8. The summed E-state index contributed by atoms with van der Waals surface area (Å²) in [6.07, 6.45) is 4.13. The Morgan fingerprint density at radius 1 is 1.36 bits per heavy atom. The van der Waals surface area contributed by atoms with Crippen LogP contribution in [0, 0.1) is 5.82 Å². The molecule has 1 aromatic rings. The average Bonchev–Trinajstić information content (AvgIpc) is 2.41. The Hall–Kier alpha value is -1.62. The molecule has 1 aliphatic heterocycles. The Labute approximate surface area is 129 Å². The molecule has 1 aliphatic carbocycles. The summed E-state index contributed by atoms with van der Waals surface area (Å²) in [6.45, 7) is 4.72. The molecule has 0 spiro atoms. The van der Waals surface area contributed by atoms with Gasteiger partial charge in [0.05, 0.1) is 5.56 Å². The number of nitrogens with zero attached hydrogens (tertiary/aromatic N) is 1. The zero-order valence-corrected chi connectivity index (χ0v) is 13.0. The topological polar surface area (TPSA) is 49.8 Å². The summed E-state index contributed by atoms with van der Waals surface area (Å²) in [5.74, 6) is -1.38. The number of benzene rings is 1. The highest BCUT2D eigenvalue weighted by Gasteiger charge is 2.36. The summed E-state index contributed by atoms with van der Waals surface area (Å²) in [5, 5.41) is 9.34. The van der Waals surface area contributed by atoms with Gasteiger partial charge in [0.15, 0.2) is 11.6 Å². The number of hydrogen-bond donors (Lipinski definition) is 1. The Morgan fingerprint density at radius 3 is 2.64 bits per heavy atom. The van der Waals surface area contributed by atoms with Gasteiger partial charge in [0.2, 0.25) is 0 Å². The highest BCUT2D eigenvalue weighted by Crippen LogP contribution is 2.36. The molecule has 0 saturated heterocycles. The van der Waals surface area contributed by atoms with E-state index in [0.29, 0.717) is 30.7 Å². The van der Waals surface area contributed by atoms with E-state index in [1.807, 2.05) is 0 Å². The molecule has 0 radical (unpaired) electrons. The van der Waals surface area contributed by atoms with Gasteiger partial charge in [-0.2, -0.15) is 0 Å². The Morgan fingerprint density at radius 2 is 2.09 bits per heavy atom. The standard InChI is InChI=1S/C17H22FNO3/c1-10(2)19(11-4-3-5-11)12-8-14-13(17(20)21)6-7-15(18)16(14)22-9-12/h6-7,10-12H,3-5,8-9H2,1-2H3,(H,20,21). The summed E-state index contributed by atoms with van der Waals surface area (Å²) >= 11 is 0. The van der Waals surface area contributed by atoms with E-state index in [2.05, 4.69) is 18.7 Å². The molecule has 1 atom stereocenters. The molecule has 0 amide bonds. The lowest BCUT2D eigenvalue weighted by atomic mass is 9.87. The molecule has 4 nitrogen and oxygen atoms in total. The molecule has 22 heavy (non-hydrogen) atoms. The molecule has 1 saturated carbocycles. The predicted octanol–water partition coefficient (Wildman–Crippen LogP) is 3.09. The summed E-state index contributed by atoms with van der Waals surface area (Å²) in [7, 11) is 0. The van der Waals surface area contributed by atoms with Crippen molar-refractivity contribution < 1.29 is 19.0 Å². The van der Waals surface area contributed by atoms with E-state index < -0.39 is 11.8 Å². The molecular formula is C17H22FNO3. The molecule has 3 rings (SSSR count). The first-order chi connectivity index (χ1) is 10.5. The molecule has 1 N–H and O–H groups in total. The van der Waals surface area contributed by atoms with Crippen LogP contribution in [0.15, 0.2) is 12.1 Å². The van der Waals surface area contributed by atoms with Crippen molar-refractivity contribution in [2.24, 2.45) is 0 Å². The molecule has 1 unspecified atom stereocenters. The fraction of sp³-hybridized carbons (Fsp3) is 0.588. The normalized spacial score (nSPS) is 21.4. The number of ether oxygens (including phenoxy) is 1. The Bertz CT molecular complexity index is 584. The molecule has 0 aromatic heterocycles. The number of aromatic carboxylic acids is 1. The number of carboxylic acids is 1. The minimum atomic E-state index is -1.03. The van der Waals surface area contributed by atoms with Crippen LogP contribution in [-0.4, -0.2) is 40.7 Å². The maximum Gasteiger partial charge on any atom is 0.336 e. The van der Waals surface area contributed by atoms with Crippen molar-refractivity contribution in [2.75, 3.05) is 6.61 Å². The number of rotatable bonds is 4. The Balaban J connectivity index is 1.91. The van der Waals surface area contributed by atoms with Gasteiger partial charge in [-0.25, -0.2) is 9.18 Å². The zero-order valence-electron chi connectivity index (χ0n) is 13.0. The molecular weight excluding hydrogens is 285 g/mol. The third-order valence-electron chi connectivity index (χ3n) is 4.82. The summed E-state index contributed by atoms with van der Waals surface area (Å²) in [6, 6.07) is 3.53. The monoisotopic (exact) mass is 307 g/mol. The highest BCUT2D eigenvalue weighted by atomic mass is 19.1. The second-order valence-electron chi connectivity index (χ2n) is 6.50. The molecule has 120 valence electrons. The number of fused-ring (bicyclic) bond motifs is 1. The van der Waals surface area contributed by atoms with E-state index in [0.717, 1.165) is 0 Å². The maximum atomic E-state index is 13.9. The Kier molecular flexibility index (Phi) is 4.08. The smallest absolute Gasteiger partial charge is 0.336 e. The van der Waals surface area contributed by atoms with Crippen LogP contribution in [0.1, 0.15) is 49.0 Å². The lowest BCUT2D eigenvalue weighted by Gasteiger charge is -2.46. The van der Waals surface area contributed by atoms with Crippen LogP contribution in [0.3, 0.4) is 0 Å². The maximum absolute atomic E-state index is 13.9. The van der Waals surface area contributed by atoms with E-state index in [4.69, 9.17) is 4.74 Å². The fourth-order valence-electron chi connectivity index (χ4n) is 3.65. The van der Waals surface area contributed by atoms with Gasteiger partial charge in [-0.1, -0.05) is 6.42 Å². The van der Waals surface area contributed by atoms with Gasteiger partial charge < -0.3 is 9.84 Å². The van der Waals surface area contributed by atoms with Crippen molar-refractivity contribution in [3.05, 3.63) is 29.1 Å². The minimum absolute atomic E-state index is 0.109. The molecule has 5 heteroatoms. The third kappa shape index (κ3) is 2.58. The average molecular weight is 307 g/mol. The van der Waals surface area contributed by atoms with Crippen LogP contribution in [-0.2, 0) is 6.42 Å². The van der Waals surface area contributed by atoms with E-state index >= 15 is 0 Å². The summed E-state index contributed by atoms with van der Waals surface area (Å²) in [5.41, 5.74) is 0.645. The number of halogens is 1. The van der Waals surface area contributed by atoms with Crippen LogP contribution in [0.5, 0.6) is 5.75 Å². The van der Waals surface area contributed by atoms with E-state index in [-0.39, 0.29) is 17.4 Å². The molecule has 1 fully saturated rings. The first-order valence-electron chi connectivity index (χ1n) is 7.94. The van der Waals surface area contributed by atoms with Crippen molar-refractivity contribution in [1.29, 1.82) is 0 Å². The highest BCUT2D eigenvalue weighted by molar-refractivity contribution is 5.90. The van der Waals surface area contributed by atoms with Crippen LogP contribution in [0.25, 0.3) is 0 Å². The fourth-order valence-corrected chi connectivity index (χ4v) is 3.65. The molecule has 1 aromatic carbocycles. The van der Waals surface area contributed by atoms with Crippen LogP contribution >= 0.6 is 0 Å². The van der Waals surface area contributed by atoms with Gasteiger partial charge in [0, 0.05) is 23.7 Å². The van der Waals surface area contributed by atoms with Crippen molar-refractivity contribution in [3.63, 3.8) is 0 Å². The summed E-state index contributed by atoms with van der Waals surface area (Å²) < 4.78 is 19.5. The minimum Gasteiger partial charge on any atom is -0.489 e. The van der Waals surface area contributed by atoms with Gasteiger partial charge >= 0.3 is 5.97 Å². The first kappa shape index (κ1) is 15.3. The van der Waals surface area contributed by atoms with Crippen molar-refractivity contribution in [3.8, 4) is 5.75 Å². The van der Waals surface area contributed by atoms with Crippen LogP contribution in [0.4, 0.5) is 4.39 Å². The number of carbonyl (C=O) groups is 1. The third-order valence-corrected chi connectivity index (χ3v) is 4.82. The van der Waals surface area contributed by atoms with Gasteiger partial charge in [-0.3, -0.25) is 4.90 Å². The lowest BCUT2D eigenvalue weighted by Crippen LogP contribution is -2.54. The molecule has 2 aliphatic rings. The van der Waals surface area contributed by atoms with Crippen molar-refractivity contribution in [2.45, 2.75) is 57.7 Å². The van der Waals surface area contributed by atoms with Gasteiger partial charge in [0.1, 0.15) is 6.61 Å². The van der Waals surface area contributed by atoms with E-state index in [1.54, 1.807) is 0 Å². The van der Waals surface area contributed by atoms with Crippen molar-refractivity contribution in [1.82, 2.24) is 4.90 Å². The zero-order chi connectivity index (χ0) is 15.9. The van der Waals surface area contributed by atoms with Crippen LogP contribution < -0.4 is 4.74 Å². The first-order valence-corrected chi connectivity index (χ1v) is 7.94. The second-order valence-corrected chi connectivity index (χ2v) is 6.50. The predicted molar refractivity (Wildman–Crippen MR) is 81.0 cm³/mol. The quantitative estimate of drug-likeness (QED) is 0.928. The SMILES string of the molecule is CC(C)N(C1CCC1)C1COc2c(F)ccc(C(=O)O)c2C1.